The first-order valence-electron chi connectivity index (χ1n) is 8.61. The molecule has 7 heteroatoms. The van der Waals surface area contributed by atoms with Gasteiger partial charge in [0.1, 0.15) is 0 Å². The SMILES string of the molecule is Cc1nc(N(C)C)ncc1C(=O)Nc1ccc(N2C(=O)CCC2C)cc1. The summed E-state index contributed by atoms with van der Waals surface area (Å²) in [6.45, 7) is 3.83. The van der Waals surface area contributed by atoms with Crippen LogP contribution in [0.5, 0.6) is 0 Å². The molecule has 0 bridgehead atoms. The highest BCUT2D eigenvalue weighted by Crippen LogP contribution is 2.27. The van der Waals surface area contributed by atoms with Gasteiger partial charge in [-0.25, -0.2) is 9.97 Å². The van der Waals surface area contributed by atoms with Crippen molar-refractivity contribution in [2.24, 2.45) is 0 Å². The van der Waals surface area contributed by atoms with Crippen LogP contribution in [0.2, 0.25) is 0 Å². The van der Waals surface area contributed by atoms with E-state index in [1.807, 2.05) is 38.1 Å². The van der Waals surface area contributed by atoms with Crippen LogP contribution in [0, 0.1) is 6.92 Å². The zero-order chi connectivity index (χ0) is 18.8. The predicted octanol–water partition coefficient (Wildman–Crippen LogP) is 2.62. The molecule has 26 heavy (non-hydrogen) atoms. The normalized spacial score (nSPS) is 16.7. The molecule has 1 aromatic carbocycles. The number of aryl methyl sites for hydroxylation is 1. The molecule has 7 nitrogen and oxygen atoms in total. The fourth-order valence-electron chi connectivity index (χ4n) is 3.02. The number of aromatic nitrogens is 2. The summed E-state index contributed by atoms with van der Waals surface area (Å²) >= 11 is 0. The van der Waals surface area contributed by atoms with Crippen LogP contribution >= 0.6 is 0 Å². The van der Waals surface area contributed by atoms with Crippen molar-refractivity contribution >= 4 is 29.1 Å². The van der Waals surface area contributed by atoms with Gasteiger partial charge >= 0.3 is 0 Å². The highest BCUT2D eigenvalue weighted by Gasteiger charge is 2.28. The Balaban J connectivity index is 1.73. The Hall–Kier alpha value is -2.96. The summed E-state index contributed by atoms with van der Waals surface area (Å²) in [6, 6.07) is 7.52. The Morgan fingerprint density at radius 1 is 1.27 bits per heavy atom. The minimum Gasteiger partial charge on any atom is -0.347 e. The molecule has 3 rings (SSSR count). The van der Waals surface area contributed by atoms with E-state index in [0.29, 0.717) is 29.3 Å². The van der Waals surface area contributed by atoms with Crippen molar-refractivity contribution in [3.63, 3.8) is 0 Å². The van der Waals surface area contributed by atoms with Gasteiger partial charge in [0, 0.05) is 44.1 Å². The predicted molar refractivity (Wildman–Crippen MR) is 102 cm³/mol. The van der Waals surface area contributed by atoms with Crippen LogP contribution in [0.3, 0.4) is 0 Å². The van der Waals surface area contributed by atoms with Gasteiger partial charge in [0.15, 0.2) is 0 Å². The van der Waals surface area contributed by atoms with E-state index in [0.717, 1.165) is 12.1 Å². The maximum atomic E-state index is 12.5. The average Bonchev–Trinajstić information content (AvgIpc) is 2.94. The second-order valence-electron chi connectivity index (χ2n) is 6.72. The highest BCUT2D eigenvalue weighted by atomic mass is 16.2. The van der Waals surface area contributed by atoms with Gasteiger partial charge in [0.05, 0.1) is 11.3 Å². The summed E-state index contributed by atoms with van der Waals surface area (Å²) in [7, 11) is 3.70. The van der Waals surface area contributed by atoms with Crippen molar-refractivity contribution in [2.75, 3.05) is 29.2 Å². The molecule has 0 saturated carbocycles. The summed E-state index contributed by atoms with van der Waals surface area (Å²) in [5.41, 5.74) is 2.57. The van der Waals surface area contributed by atoms with Gasteiger partial charge in [0.2, 0.25) is 11.9 Å². The number of carbonyl (C=O) groups is 2. The molecule has 2 amide bonds. The second-order valence-corrected chi connectivity index (χ2v) is 6.72. The molecule has 0 aliphatic carbocycles. The fourth-order valence-corrected chi connectivity index (χ4v) is 3.02. The molecule has 1 aliphatic heterocycles. The van der Waals surface area contributed by atoms with Crippen LogP contribution in [-0.4, -0.2) is 41.9 Å². The van der Waals surface area contributed by atoms with Crippen LogP contribution in [0.15, 0.2) is 30.5 Å². The number of hydrogen-bond acceptors (Lipinski definition) is 5. The van der Waals surface area contributed by atoms with Gasteiger partial charge in [-0.3, -0.25) is 9.59 Å². The maximum Gasteiger partial charge on any atom is 0.259 e. The Bertz CT molecular complexity index is 832. The van der Waals surface area contributed by atoms with E-state index in [-0.39, 0.29) is 17.9 Å². The fraction of sp³-hybridized carbons (Fsp3) is 0.368. The van der Waals surface area contributed by atoms with Crippen LogP contribution in [0.25, 0.3) is 0 Å². The molecular weight excluding hydrogens is 330 g/mol. The maximum absolute atomic E-state index is 12.5. The first-order valence-corrected chi connectivity index (χ1v) is 8.61. The van der Waals surface area contributed by atoms with E-state index >= 15 is 0 Å². The number of anilines is 3. The lowest BCUT2D eigenvalue weighted by Gasteiger charge is -2.22. The van der Waals surface area contributed by atoms with Crippen molar-refractivity contribution < 1.29 is 9.59 Å². The van der Waals surface area contributed by atoms with Gasteiger partial charge in [-0.2, -0.15) is 0 Å². The van der Waals surface area contributed by atoms with Gasteiger partial charge in [0.25, 0.3) is 5.91 Å². The molecule has 0 spiro atoms. The van der Waals surface area contributed by atoms with Crippen LogP contribution < -0.4 is 15.1 Å². The summed E-state index contributed by atoms with van der Waals surface area (Å²) in [5.74, 6) is 0.446. The van der Waals surface area contributed by atoms with Gasteiger partial charge in [-0.1, -0.05) is 0 Å². The Morgan fingerprint density at radius 2 is 1.96 bits per heavy atom. The standard InChI is InChI=1S/C19H23N5O2/c1-12-5-10-17(25)24(12)15-8-6-14(7-9-15)22-18(26)16-11-20-19(23(3)4)21-13(16)2/h6-9,11-12H,5,10H2,1-4H3,(H,22,26). The number of rotatable bonds is 4. The van der Waals surface area contributed by atoms with Gasteiger partial charge < -0.3 is 15.1 Å². The molecule has 1 fully saturated rings. The van der Waals surface area contributed by atoms with Crippen LogP contribution in [0.4, 0.5) is 17.3 Å². The zero-order valence-corrected chi connectivity index (χ0v) is 15.5. The van der Waals surface area contributed by atoms with E-state index < -0.39 is 0 Å². The van der Waals surface area contributed by atoms with E-state index in [1.165, 1.54) is 6.20 Å². The monoisotopic (exact) mass is 353 g/mol. The Kier molecular flexibility index (Phi) is 4.88. The first-order chi connectivity index (χ1) is 12.4. The van der Waals surface area contributed by atoms with Gasteiger partial charge in [-0.15, -0.1) is 0 Å². The Labute approximate surface area is 153 Å². The molecule has 1 aromatic heterocycles. The minimum absolute atomic E-state index is 0.142. The lowest BCUT2D eigenvalue weighted by molar-refractivity contribution is -0.117. The number of nitrogens with zero attached hydrogens (tertiary/aromatic N) is 4. The molecule has 2 aromatic rings. The lowest BCUT2D eigenvalue weighted by Crippen LogP contribution is -2.30. The molecule has 0 radical (unpaired) electrons. The quantitative estimate of drug-likeness (QED) is 0.914. The van der Waals surface area contributed by atoms with Gasteiger partial charge in [-0.05, 0) is 44.5 Å². The van der Waals surface area contributed by atoms with Crippen molar-refractivity contribution in [1.82, 2.24) is 9.97 Å². The highest BCUT2D eigenvalue weighted by molar-refractivity contribution is 6.05. The molecule has 1 unspecified atom stereocenters. The first kappa shape index (κ1) is 17.8. The molecule has 1 aliphatic rings. The number of amides is 2. The third kappa shape index (κ3) is 3.51. The van der Waals surface area contributed by atoms with E-state index in [4.69, 9.17) is 0 Å². The number of benzene rings is 1. The smallest absolute Gasteiger partial charge is 0.259 e. The average molecular weight is 353 g/mol. The van der Waals surface area contributed by atoms with Crippen molar-refractivity contribution in [3.05, 3.63) is 41.7 Å². The van der Waals surface area contributed by atoms with E-state index in [9.17, 15) is 9.59 Å². The van der Waals surface area contributed by atoms with Crippen LogP contribution in [-0.2, 0) is 4.79 Å². The zero-order valence-electron chi connectivity index (χ0n) is 15.5. The number of carbonyl (C=O) groups excluding carboxylic acids is 2. The topological polar surface area (TPSA) is 78.4 Å². The summed E-state index contributed by atoms with van der Waals surface area (Å²) < 4.78 is 0. The molecule has 1 atom stereocenters. The molecule has 1 saturated heterocycles. The third-order valence-electron chi connectivity index (χ3n) is 4.50. The number of hydrogen-bond donors (Lipinski definition) is 1. The van der Waals surface area contributed by atoms with Crippen molar-refractivity contribution in [3.8, 4) is 0 Å². The molecule has 136 valence electrons. The summed E-state index contributed by atoms with van der Waals surface area (Å²) in [6.07, 6.45) is 2.99. The Morgan fingerprint density at radius 3 is 2.50 bits per heavy atom. The lowest BCUT2D eigenvalue weighted by atomic mass is 10.2. The molecule has 1 N–H and O–H groups in total. The summed E-state index contributed by atoms with van der Waals surface area (Å²) in [5, 5.41) is 2.85. The van der Waals surface area contributed by atoms with Crippen LogP contribution in [0.1, 0.15) is 35.8 Å². The molecular formula is C19H23N5O2. The summed E-state index contributed by atoms with van der Waals surface area (Å²) in [4.78, 5) is 36.6. The van der Waals surface area contributed by atoms with E-state index in [1.54, 1.807) is 24.0 Å². The molecule has 2 heterocycles. The second kappa shape index (κ2) is 7.11. The minimum atomic E-state index is -0.258. The van der Waals surface area contributed by atoms with Crippen molar-refractivity contribution in [1.29, 1.82) is 0 Å². The van der Waals surface area contributed by atoms with Crippen molar-refractivity contribution in [2.45, 2.75) is 32.7 Å². The van der Waals surface area contributed by atoms with E-state index in [2.05, 4.69) is 15.3 Å². The third-order valence-corrected chi connectivity index (χ3v) is 4.50. The largest absolute Gasteiger partial charge is 0.347 e. The number of nitrogens with one attached hydrogen (secondary N) is 1.